The molecule has 0 saturated heterocycles. The highest BCUT2D eigenvalue weighted by atomic mass is 16.6. The number of nitro groups is 2. The van der Waals surface area contributed by atoms with E-state index in [1.807, 2.05) is 6.07 Å². The fourth-order valence-corrected chi connectivity index (χ4v) is 2.68. The maximum absolute atomic E-state index is 12.5. The minimum absolute atomic E-state index is 0.0644. The number of rotatable bonds is 5. The summed E-state index contributed by atoms with van der Waals surface area (Å²) in [4.78, 5) is 33.1. The molecular formula is C17H13N3O6. The van der Waals surface area contributed by atoms with Gasteiger partial charge in [0.05, 0.1) is 28.6 Å². The van der Waals surface area contributed by atoms with Crippen LogP contribution in [0.15, 0.2) is 42.5 Å². The number of benzene rings is 2. The molecule has 2 aromatic rings. The van der Waals surface area contributed by atoms with Crippen molar-refractivity contribution in [1.82, 2.24) is 0 Å². The topological polar surface area (TPSA) is 136 Å². The Hall–Kier alpha value is -3.80. The Morgan fingerprint density at radius 2 is 1.62 bits per heavy atom. The van der Waals surface area contributed by atoms with E-state index in [0.29, 0.717) is 5.56 Å². The summed E-state index contributed by atoms with van der Waals surface area (Å²) >= 11 is 0. The largest absolute Gasteiger partial charge is 0.468 e. The number of hydrogen-bond acceptors (Lipinski definition) is 7. The summed E-state index contributed by atoms with van der Waals surface area (Å²) in [6.45, 7) is 1.49. The second kappa shape index (κ2) is 6.98. The quantitative estimate of drug-likeness (QED) is 0.457. The highest BCUT2D eigenvalue weighted by molar-refractivity contribution is 5.88. The van der Waals surface area contributed by atoms with Crippen LogP contribution in [0.5, 0.6) is 0 Å². The molecule has 0 radical (unpaired) electrons. The van der Waals surface area contributed by atoms with Gasteiger partial charge >= 0.3 is 5.97 Å². The second-order valence-corrected chi connectivity index (χ2v) is 5.52. The van der Waals surface area contributed by atoms with Crippen LogP contribution in [0.1, 0.15) is 23.6 Å². The summed E-state index contributed by atoms with van der Waals surface area (Å²) in [6, 6.07) is 10.7. The van der Waals surface area contributed by atoms with Crippen LogP contribution in [-0.4, -0.2) is 22.9 Å². The lowest BCUT2D eigenvalue weighted by atomic mass is 9.74. The highest BCUT2D eigenvalue weighted by Gasteiger charge is 2.41. The third kappa shape index (κ3) is 3.08. The first-order valence-electron chi connectivity index (χ1n) is 7.28. The smallest absolute Gasteiger partial charge is 0.320 e. The molecule has 132 valence electrons. The number of non-ortho nitro benzene ring substituents is 2. The summed E-state index contributed by atoms with van der Waals surface area (Å²) < 4.78 is 4.86. The number of hydrogen-bond donors (Lipinski definition) is 0. The lowest BCUT2D eigenvalue weighted by Gasteiger charge is -2.28. The van der Waals surface area contributed by atoms with Crippen molar-refractivity contribution in [3.8, 4) is 6.07 Å². The molecule has 9 heteroatoms. The molecule has 0 amide bonds. The van der Waals surface area contributed by atoms with Crippen molar-refractivity contribution in [3.63, 3.8) is 0 Å². The number of carbonyl (C=O) groups is 1. The maximum Gasteiger partial charge on any atom is 0.320 e. The van der Waals surface area contributed by atoms with Crippen molar-refractivity contribution in [3.05, 3.63) is 79.4 Å². The van der Waals surface area contributed by atoms with Crippen molar-refractivity contribution in [2.45, 2.75) is 12.3 Å². The number of methoxy groups -OCH3 is 1. The van der Waals surface area contributed by atoms with Gasteiger partial charge in [0, 0.05) is 24.3 Å². The minimum atomic E-state index is -1.48. The van der Waals surface area contributed by atoms with Crippen LogP contribution < -0.4 is 0 Å². The van der Waals surface area contributed by atoms with Gasteiger partial charge < -0.3 is 4.74 Å². The minimum Gasteiger partial charge on any atom is -0.468 e. The first-order valence-corrected chi connectivity index (χ1v) is 7.28. The standard InChI is InChI=1S/C17H13N3O6/c1-17(16(21)26-2,12-3-5-13(6-4-12)19(22)23)15-8-7-14(20(24)25)9-11(15)10-18/h3-9H,1-2H3. The number of nitriles is 1. The zero-order chi connectivity index (χ0) is 19.5. The molecule has 0 saturated carbocycles. The summed E-state index contributed by atoms with van der Waals surface area (Å²) in [5.74, 6) is -0.711. The Balaban J connectivity index is 2.72. The normalized spacial score (nSPS) is 12.5. The van der Waals surface area contributed by atoms with Crippen LogP contribution in [0.3, 0.4) is 0 Å². The fourth-order valence-electron chi connectivity index (χ4n) is 2.68. The van der Waals surface area contributed by atoms with E-state index >= 15 is 0 Å². The van der Waals surface area contributed by atoms with Gasteiger partial charge in [-0.15, -0.1) is 0 Å². The fraction of sp³-hybridized carbons (Fsp3) is 0.176. The van der Waals surface area contributed by atoms with Crippen molar-refractivity contribution in [1.29, 1.82) is 5.26 Å². The molecule has 0 fully saturated rings. The molecule has 26 heavy (non-hydrogen) atoms. The lowest BCUT2D eigenvalue weighted by molar-refractivity contribution is -0.385. The molecule has 0 N–H and O–H groups in total. The third-order valence-corrected chi connectivity index (χ3v) is 4.12. The summed E-state index contributed by atoms with van der Waals surface area (Å²) in [6.07, 6.45) is 0. The SMILES string of the molecule is COC(=O)C(C)(c1ccc([N+](=O)[O-])cc1)c1ccc([N+](=O)[O-])cc1C#N. The number of ether oxygens (including phenoxy) is 1. The Labute approximate surface area is 147 Å². The van der Waals surface area contributed by atoms with Crippen LogP contribution >= 0.6 is 0 Å². The van der Waals surface area contributed by atoms with Crippen molar-refractivity contribution in [2.75, 3.05) is 7.11 Å². The monoisotopic (exact) mass is 355 g/mol. The number of carbonyl (C=O) groups excluding carboxylic acids is 1. The van der Waals surface area contributed by atoms with Gasteiger partial charge in [-0.05, 0) is 24.1 Å². The molecule has 0 heterocycles. The van der Waals surface area contributed by atoms with Crippen LogP contribution in [0.2, 0.25) is 0 Å². The van der Waals surface area contributed by atoms with Gasteiger partial charge in [-0.3, -0.25) is 25.0 Å². The van der Waals surface area contributed by atoms with Gasteiger partial charge in [-0.1, -0.05) is 12.1 Å². The molecular weight excluding hydrogens is 342 g/mol. The average molecular weight is 355 g/mol. The van der Waals surface area contributed by atoms with E-state index in [1.165, 1.54) is 50.4 Å². The van der Waals surface area contributed by atoms with E-state index in [-0.39, 0.29) is 22.5 Å². The predicted molar refractivity (Wildman–Crippen MR) is 89.4 cm³/mol. The van der Waals surface area contributed by atoms with Crippen molar-refractivity contribution < 1.29 is 19.4 Å². The molecule has 0 aromatic heterocycles. The zero-order valence-electron chi connectivity index (χ0n) is 13.8. The Kier molecular flexibility index (Phi) is 4.98. The first kappa shape index (κ1) is 18.5. The molecule has 2 rings (SSSR count). The molecule has 1 unspecified atom stereocenters. The van der Waals surface area contributed by atoms with Gasteiger partial charge in [0.25, 0.3) is 11.4 Å². The van der Waals surface area contributed by atoms with Crippen LogP contribution in [0.4, 0.5) is 11.4 Å². The Bertz CT molecular complexity index is 933. The van der Waals surface area contributed by atoms with Gasteiger partial charge in [0.15, 0.2) is 0 Å². The predicted octanol–water partition coefficient (Wildman–Crippen LogP) is 2.85. The lowest BCUT2D eigenvalue weighted by Crippen LogP contribution is -2.35. The number of esters is 1. The average Bonchev–Trinajstić information content (AvgIpc) is 2.66. The van der Waals surface area contributed by atoms with Gasteiger partial charge in [0.2, 0.25) is 0 Å². The van der Waals surface area contributed by atoms with Gasteiger partial charge in [0.1, 0.15) is 5.41 Å². The molecule has 0 aliphatic carbocycles. The van der Waals surface area contributed by atoms with Crippen LogP contribution in [0.25, 0.3) is 0 Å². The third-order valence-electron chi connectivity index (χ3n) is 4.12. The number of nitrogens with zero attached hydrogens (tertiary/aromatic N) is 3. The molecule has 9 nitrogen and oxygen atoms in total. The van der Waals surface area contributed by atoms with E-state index in [2.05, 4.69) is 0 Å². The van der Waals surface area contributed by atoms with E-state index in [0.717, 1.165) is 6.07 Å². The van der Waals surface area contributed by atoms with Gasteiger partial charge in [-0.2, -0.15) is 5.26 Å². The van der Waals surface area contributed by atoms with E-state index < -0.39 is 21.2 Å². The molecule has 1 atom stereocenters. The van der Waals surface area contributed by atoms with E-state index in [1.54, 1.807) is 0 Å². The zero-order valence-corrected chi connectivity index (χ0v) is 13.8. The summed E-state index contributed by atoms with van der Waals surface area (Å²) in [7, 11) is 1.17. The highest BCUT2D eigenvalue weighted by Crippen LogP contribution is 2.37. The van der Waals surface area contributed by atoms with Crippen molar-refractivity contribution in [2.24, 2.45) is 0 Å². The number of nitro benzene ring substituents is 2. The van der Waals surface area contributed by atoms with E-state index in [9.17, 15) is 30.3 Å². The maximum atomic E-state index is 12.5. The Morgan fingerprint density at radius 3 is 2.08 bits per heavy atom. The summed E-state index contributed by atoms with van der Waals surface area (Å²) in [5, 5.41) is 31.2. The molecule has 2 aromatic carbocycles. The first-order chi connectivity index (χ1) is 12.2. The molecule has 0 spiro atoms. The summed E-state index contributed by atoms with van der Waals surface area (Å²) in [5.41, 5.74) is -1.45. The Morgan fingerprint density at radius 1 is 1.08 bits per heavy atom. The van der Waals surface area contributed by atoms with E-state index in [4.69, 9.17) is 4.74 Å². The second-order valence-electron chi connectivity index (χ2n) is 5.52. The van der Waals surface area contributed by atoms with Gasteiger partial charge in [-0.25, -0.2) is 0 Å². The van der Waals surface area contributed by atoms with Crippen molar-refractivity contribution >= 4 is 17.3 Å². The molecule has 0 aliphatic rings. The molecule has 0 aliphatic heterocycles. The molecule has 0 bridgehead atoms. The van der Waals surface area contributed by atoms with Crippen LogP contribution in [-0.2, 0) is 14.9 Å². The van der Waals surface area contributed by atoms with Crippen LogP contribution in [0, 0.1) is 31.6 Å².